The van der Waals surface area contributed by atoms with Crippen LogP contribution in [0.2, 0.25) is 0 Å². The van der Waals surface area contributed by atoms with Crippen molar-refractivity contribution >= 4 is 5.91 Å². The van der Waals surface area contributed by atoms with E-state index in [4.69, 9.17) is 4.74 Å². The molecule has 2 unspecified atom stereocenters. The van der Waals surface area contributed by atoms with Crippen molar-refractivity contribution in [2.24, 2.45) is 11.3 Å². The van der Waals surface area contributed by atoms with E-state index >= 15 is 0 Å². The molecular formula is C13H24N2O2. The van der Waals surface area contributed by atoms with Crippen LogP contribution in [-0.2, 0) is 9.53 Å². The summed E-state index contributed by atoms with van der Waals surface area (Å²) in [5, 5.41) is 6.31. The number of hydrogen-bond acceptors (Lipinski definition) is 3. The van der Waals surface area contributed by atoms with Gasteiger partial charge in [0.05, 0.1) is 12.7 Å². The Bertz CT molecular complexity index is 273. The maximum absolute atomic E-state index is 12.1. The lowest BCUT2D eigenvalue weighted by molar-refractivity contribution is -0.128. The first-order valence-electron chi connectivity index (χ1n) is 6.69. The highest BCUT2D eigenvalue weighted by atomic mass is 16.5. The molecule has 4 heteroatoms. The van der Waals surface area contributed by atoms with Crippen LogP contribution in [0.3, 0.4) is 0 Å². The van der Waals surface area contributed by atoms with Crippen molar-refractivity contribution in [3.63, 3.8) is 0 Å². The molecule has 0 aromatic heterocycles. The molecule has 98 valence electrons. The van der Waals surface area contributed by atoms with Crippen molar-refractivity contribution in [1.82, 2.24) is 10.6 Å². The Morgan fingerprint density at radius 1 is 1.53 bits per heavy atom. The summed E-state index contributed by atoms with van der Waals surface area (Å²) in [6.45, 7) is 7.54. The highest BCUT2D eigenvalue weighted by molar-refractivity contribution is 5.79. The number of nitrogens with one attached hydrogen (secondary N) is 2. The highest BCUT2D eigenvalue weighted by Crippen LogP contribution is 2.42. The van der Waals surface area contributed by atoms with Crippen LogP contribution >= 0.6 is 0 Å². The van der Waals surface area contributed by atoms with Gasteiger partial charge in [0.15, 0.2) is 0 Å². The van der Waals surface area contributed by atoms with Crippen LogP contribution in [0.25, 0.3) is 0 Å². The monoisotopic (exact) mass is 240 g/mol. The molecule has 4 nitrogen and oxygen atoms in total. The second-order valence-electron chi connectivity index (χ2n) is 5.88. The maximum Gasteiger partial charge on any atom is 0.223 e. The Labute approximate surface area is 103 Å². The Morgan fingerprint density at radius 2 is 2.35 bits per heavy atom. The van der Waals surface area contributed by atoms with Crippen molar-refractivity contribution in [2.45, 2.75) is 39.2 Å². The molecule has 0 aromatic carbocycles. The SMILES string of the molecule is CC1(C)CCCC1C(=O)NCC1CNCCO1. The summed E-state index contributed by atoms with van der Waals surface area (Å²) in [6, 6.07) is 0. The molecule has 1 amide bonds. The molecule has 1 aliphatic heterocycles. The molecule has 0 radical (unpaired) electrons. The first-order chi connectivity index (χ1) is 8.09. The van der Waals surface area contributed by atoms with Gasteiger partial charge in [-0.05, 0) is 18.3 Å². The van der Waals surface area contributed by atoms with E-state index in [1.54, 1.807) is 0 Å². The summed E-state index contributed by atoms with van der Waals surface area (Å²) in [5.74, 6) is 0.390. The molecule has 1 aliphatic carbocycles. The fourth-order valence-corrected chi connectivity index (χ4v) is 2.90. The molecule has 2 rings (SSSR count). The molecule has 1 saturated carbocycles. The lowest BCUT2D eigenvalue weighted by Crippen LogP contribution is -2.47. The van der Waals surface area contributed by atoms with Gasteiger partial charge in [-0.1, -0.05) is 20.3 Å². The van der Waals surface area contributed by atoms with Gasteiger partial charge in [0.1, 0.15) is 0 Å². The number of carbonyl (C=O) groups excluding carboxylic acids is 1. The lowest BCUT2D eigenvalue weighted by atomic mass is 9.81. The number of morpholine rings is 1. The summed E-state index contributed by atoms with van der Waals surface area (Å²) in [7, 11) is 0. The summed E-state index contributed by atoms with van der Waals surface area (Å²) in [4.78, 5) is 12.1. The third-order valence-electron chi connectivity index (χ3n) is 4.08. The maximum atomic E-state index is 12.1. The molecule has 0 aromatic rings. The zero-order chi connectivity index (χ0) is 12.3. The van der Waals surface area contributed by atoms with Crippen LogP contribution < -0.4 is 10.6 Å². The summed E-state index contributed by atoms with van der Waals surface area (Å²) in [6.07, 6.45) is 3.50. The molecule has 0 spiro atoms. The van der Waals surface area contributed by atoms with E-state index < -0.39 is 0 Å². The first-order valence-corrected chi connectivity index (χ1v) is 6.69. The van der Waals surface area contributed by atoms with Gasteiger partial charge in [-0.2, -0.15) is 0 Å². The largest absolute Gasteiger partial charge is 0.374 e. The van der Waals surface area contributed by atoms with Gasteiger partial charge in [-0.15, -0.1) is 0 Å². The van der Waals surface area contributed by atoms with Crippen molar-refractivity contribution in [3.8, 4) is 0 Å². The summed E-state index contributed by atoms with van der Waals surface area (Å²) in [5.41, 5.74) is 0.162. The lowest BCUT2D eigenvalue weighted by Gasteiger charge is -2.28. The van der Waals surface area contributed by atoms with Crippen molar-refractivity contribution in [1.29, 1.82) is 0 Å². The molecule has 2 aliphatic rings. The molecule has 2 atom stereocenters. The fourth-order valence-electron chi connectivity index (χ4n) is 2.90. The number of carbonyl (C=O) groups is 1. The Balaban J connectivity index is 1.77. The third kappa shape index (κ3) is 3.19. The number of hydrogen-bond donors (Lipinski definition) is 2. The van der Waals surface area contributed by atoms with E-state index in [-0.39, 0.29) is 23.3 Å². The van der Waals surface area contributed by atoms with Crippen molar-refractivity contribution in [2.75, 3.05) is 26.2 Å². The predicted molar refractivity (Wildman–Crippen MR) is 66.7 cm³/mol. The van der Waals surface area contributed by atoms with Crippen molar-refractivity contribution in [3.05, 3.63) is 0 Å². The van der Waals surface area contributed by atoms with E-state index in [0.717, 1.165) is 32.5 Å². The summed E-state index contributed by atoms with van der Waals surface area (Å²) < 4.78 is 5.57. The normalized spacial score (nSPS) is 32.4. The predicted octanol–water partition coefficient (Wildman–Crippen LogP) is 0.917. The van der Waals surface area contributed by atoms with Gasteiger partial charge in [0, 0.05) is 25.6 Å². The van der Waals surface area contributed by atoms with Gasteiger partial charge in [0.25, 0.3) is 0 Å². The molecule has 2 N–H and O–H groups in total. The number of rotatable bonds is 3. The minimum atomic E-state index is 0.136. The molecule has 2 fully saturated rings. The average Bonchev–Trinajstić information content (AvgIpc) is 2.67. The van der Waals surface area contributed by atoms with Gasteiger partial charge >= 0.3 is 0 Å². The second-order valence-corrected chi connectivity index (χ2v) is 5.88. The minimum absolute atomic E-state index is 0.136. The van der Waals surface area contributed by atoms with Crippen LogP contribution in [0.4, 0.5) is 0 Å². The van der Waals surface area contributed by atoms with Gasteiger partial charge < -0.3 is 15.4 Å². The quantitative estimate of drug-likeness (QED) is 0.771. The number of ether oxygens (including phenoxy) is 1. The van der Waals surface area contributed by atoms with Gasteiger partial charge in [0.2, 0.25) is 5.91 Å². The standard InChI is InChI=1S/C13H24N2O2/c1-13(2)5-3-4-11(13)12(16)15-9-10-8-14-6-7-17-10/h10-11,14H,3-9H2,1-2H3,(H,15,16). The second kappa shape index (κ2) is 5.36. The molecule has 0 bridgehead atoms. The molecule has 1 saturated heterocycles. The van der Waals surface area contributed by atoms with E-state index in [1.807, 2.05) is 0 Å². The van der Waals surface area contributed by atoms with E-state index in [0.29, 0.717) is 6.54 Å². The third-order valence-corrected chi connectivity index (χ3v) is 4.08. The average molecular weight is 240 g/mol. The van der Waals surface area contributed by atoms with E-state index in [9.17, 15) is 4.79 Å². The molecular weight excluding hydrogens is 216 g/mol. The first kappa shape index (κ1) is 12.8. The zero-order valence-electron chi connectivity index (χ0n) is 10.9. The molecule has 17 heavy (non-hydrogen) atoms. The smallest absolute Gasteiger partial charge is 0.223 e. The fraction of sp³-hybridized carbons (Fsp3) is 0.923. The van der Waals surface area contributed by atoms with E-state index in [2.05, 4.69) is 24.5 Å². The van der Waals surface area contributed by atoms with Gasteiger partial charge in [-0.3, -0.25) is 4.79 Å². The van der Waals surface area contributed by atoms with Crippen molar-refractivity contribution < 1.29 is 9.53 Å². The Hall–Kier alpha value is -0.610. The van der Waals surface area contributed by atoms with Crippen LogP contribution in [0, 0.1) is 11.3 Å². The van der Waals surface area contributed by atoms with E-state index in [1.165, 1.54) is 6.42 Å². The minimum Gasteiger partial charge on any atom is -0.374 e. The number of amides is 1. The van der Waals surface area contributed by atoms with Gasteiger partial charge in [-0.25, -0.2) is 0 Å². The van der Waals surface area contributed by atoms with Crippen LogP contribution in [0.1, 0.15) is 33.1 Å². The topological polar surface area (TPSA) is 50.4 Å². The zero-order valence-corrected chi connectivity index (χ0v) is 10.9. The Kier molecular flexibility index (Phi) is 4.05. The highest BCUT2D eigenvalue weighted by Gasteiger charge is 2.39. The molecule has 1 heterocycles. The Morgan fingerprint density at radius 3 is 2.94 bits per heavy atom. The van der Waals surface area contributed by atoms with Crippen LogP contribution in [0.5, 0.6) is 0 Å². The van der Waals surface area contributed by atoms with Crippen LogP contribution in [-0.4, -0.2) is 38.3 Å². The van der Waals surface area contributed by atoms with Crippen LogP contribution in [0.15, 0.2) is 0 Å². The summed E-state index contributed by atoms with van der Waals surface area (Å²) >= 11 is 0.